The standard InChI is InChI=1S/C14H14FN3O/c15-14(8-19-9-14)13-7-18(17-16-13)12-6-11(12)10-4-2-1-3-5-10/h1-5,7,11-12H,6,8-9H2/t11-,12+/m0/s1. The van der Waals surface area contributed by atoms with Crippen LogP contribution in [-0.2, 0) is 10.4 Å². The van der Waals surface area contributed by atoms with Crippen LogP contribution in [0.2, 0.25) is 0 Å². The summed E-state index contributed by atoms with van der Waals surface area (Å²) in [7, 11) is 0. The molecule has 5 heteroatoms. The van der Waals surface area contributed by atoms with Gasteiger partial charge in [0.2, 0.25) is 5.67 Å². The molecule has 4 nitrogen and oxygen atoms in total. The van der Waals surface area contributed by atoms with Crippen molar-refractivity contribution >= 4 is 0 Å². The van der Waals surface area contributed by atoms with Crippen LogP contribution in [0.5, 0.6) is 0 Å². The van der Waals surface area contributed by atoms with Crippen molar-refractivity contribution in [3.05, 3.63) is 47.8 Å². The molecule has 98 valence electrons. The van der Waals surface area contributed by atoms with Gasteiger partial charge in [0.05, 0.1) is 25.5 Å². The van der Waals surface area contributed by atoms with Gasteiger partial charge in [0, 0.05) is 5.92 Å². The van der Waals surface area contributed by atoms with E-state index in [0.717, 1.165) is 6.42 Å². The van der Waals surface area contributed by atoms with E-state index >= 15 is 0 Å². The average Bonchev–Trinajstić information content (AvgIpc) is 3.06. The molecule has 1 aromatic heterocycles. The van der Waals surface area contributed by atoms with Gasteiger partial charge in [0.1, 0.15) is 5.69 Å². The maximum Gasteiger partial charge on any atom is 0.202 e. The largest absolute Gasteiger partial charge is 0.374 e. The van der Waals surface area contributed by atoms with E-state index < -0.39 is 5.67 Å². The second kappa shape index (κ2) is 3.87. The number of alkyl halides is 1. The highest BCUT2D eigenvalue weighted by Crippen LogP contribution is 2.51. The number of ether oxygens (including phenoxy) is 1. The minimum absolute atomic E-state index is 0.0957. The summed E-state index contributed by atoms with van der Waals surface area (Å²) < 4.78 is 20.8. The van der Waals surface area contributed by atoms with Crippen LogP contribution in [0.4, 0.5) is 4.39 Å². The Hall–Kier alpha value is -1.75. The number of benzene rings is 1. The van der Waals surface area contributed by atoms with Crippen LogP contribution in [0.15, 0.2) is 36.5 Å². The minimum Gasteiger partial charge on any atom is -0.374 e. The van der Waals surface area contributed by atoms with Crippen molar-refractivity contribution in [2.45, 2.75) is 24.0 Å². The number of nitrogens with zero attached hydrogens (tertiary/aromatic N) is 3. The highest BCUT2D eigenvalue weighted by Gasteiger charge is 2.46. The van der Waals surface area contributed by atoms with Gasteiger partial charge in [-0.1, -0.05) is 35.5 Å². The molecule has 1 aliphatic heterocycles. The van der Waals surface area contributed by atoms with E-state index in [9.17, 15) is 4.39 Å². The molecule has 2 heterocycles. The van der Waals surface area contributed by atoms with Gasteiger partial charge >= 0.3 is 0 Å². The molecular formula is C14H14FN3O. The van der Waals surface area contributed by atoms with Crippen LogP contribution in [-0.4, -0.2) is 28.2 Å². The van der Waals surface area contributed by atoms with Crippen molar-refractivity contribution in [3.8, 4) is 0 Å². The molecule has 2 fully saturated rings. The van der Waals surface area contributed by atoms with Crippen LogP contribution in [0, 0.1) is 0 Å². The summed E-state index contributed by atoms with van der Waals surface area (Å²) in [6, 6.07) is 10.7. The summed E-state index contributed by atoms with van der Waals surface area (Å²) in [5.41, 5.74) is 0.291. The number of aromatic nitrogens is 3. The summed E-state index contributed by atoms with van der Waals surface area (Å²) in [6.45, 7) is 0.191. The predicted octanol–water partition coefficient (Wildman–Crippen LogP) is 2.20. The van der Waals surface area contributed by atoms with Gasteiger partial charge in [0.15, 0.2) is 0 Å². The van der Waals surface area contributed by atoms with Crippen LogP contribution in [0.1, 0.15) is 29.6 Å². The molecule has 2 aliphatic rings. The first-order valence-corrected chi connectivity index (χ1v) is 6.50. The molecule has 1 aliphatic carbocycles. The number of hydrogen-bond donors (Lipinski definition) is 0. The zero-order chi connectivity index (χ0) is 12.9. The fourth-order valence-electron chi connectivity index (χ4n) is 2.61. The predicted molar refractivity (Wildman–Crippen MR) is 66.5 cm³/mol. The molecule has 19 heavy (non-hydrogen) atoms. The minimum atomic E-state index is -1.42. The van der Waals surface area contributed by atoms with Gasteiger partial charge in [-0.2, -0.15) is 0 Å². The highest BCUT2D eigenvalue weighted by atomic mass is 19.1. The quantitative estimate of drug-likeness (QED) is 0.848. The lowest BCUT2D eigenvalue weighted by molar-refractivity contribution is -0.137. The van der Waals surface area contributed by atoms with Crippen LogP contribution < -0.4 is 0 Å². The Morgan fingerprint density at radius 3 is 2.74 bits per heavy atom. The normalized spacial score (nSPS) is 27.8. The van der Waals surface area contributed by atoms with Crippen LogP contribution in [0.25, 0.3) is 0 Å². The zero-order valence-corrected chi connectivity index (χ0v) is 10.4. The van der Waals surface area contributed by atoms with Gasteiger partial charge < -0.3 is 4.74 Å². The van der Waals surface area contributed by atoms with Crippen molar-refractivity contribution in [2.75, 3.05) is 13.2 Å². The van der Waals surface area contributed by atoms with Crippen LogP contribution in [0.3, 0.4) is 0 Å². The van der Waals surface area contributed by atoms with Gasteiger partial charge in [-0.3, -0.25) is 0 Å². The summed E-state index contributed by atoms with van der Waals surface area (Å²) in [6.07, 6.45) is 2.78. The molecule has 1 aromatic carbocycles. The average molecular weight is 259 g/mol. The molecule has 0 unspecified atom stereocenters. The van der Waals surface area contributed by atoms with E-state index in [1.807, 2.05) is 18.2 Å². The Kier molecular flexibility index (Phi) is 2.26. The lowest BCUT2D eigenvalue weighted by atomic mass is 10.0. The number of halogens is 1. The molecule has 0 amide bonds. The summed E-state index contributed by atoms with van der Waals surface area (Å²) >= 11 is 0. The molecule has 2 atom stereocenters. The summed E-state index contributed by atoms with van der Waals surface area (Å²) in [4.78, 5) is 0. The van der Waals surface area contributed by atoms with Crippen molar-refractivity contribution in [2.24, 2.45) is 0 Å². The summed E-state index contributed by atoms with van der Waals surface area (Å²) in [5.74, 6) is 0.476. The SMILES string of the molecule is FC1(c2cn([C@@H]3C[C@H]3c3ccccc3)nn2)COC1. The Morgan fingerprint density at radius 1 is 1.26 bits per heavy atom. The number of hydrogen-bond acceptors (Lipinski definition) is 3. The maximum atomic E-state index is 14.1. The first-order valence-electron chi connectivity index (χ1n) is 6.50. The van der Waals surface area contributed by atoms with E-state index in [2.05, 4.69) is 22.4 Å². The smallest absolute Gasteiger partial charge is 0.202 e. The Labute approximate surface area is 110 Å². The second-order valence-electron chi connectivity index (χ2n) is 5.36. The Balaban J connectivity index is 1.53. The lowest BCUT2D eigenvalue weighted by Crippen LogP contribution is -2.42. The van der Waals surface area contributed by atoms with Gasteiger partial charge in [-0.15, -0.1) is 5.10 Å². The Morgan fingerprint density at radius 2 is 2.05 bits per heavy atom. The third kappa shape index (κ3) is 1.76. The zero-order valence-electron chi connectivity index (χ0n) is 10.4. The van der Waals surface area contributed by atoms with Gasteiger partial charge in [-0.25, -0.2) is 9.07 Å². The first kappa shape index (κ1) is 11.1. The second-order valence-corrected chi connectivity index (χ2v) is 5.36. The van der Waals surface area contributed by atoms with Crippen LogP contribution >= 0.6 is 0 Å². The molecule has 1 saturated carbocycles. The Bertz CT molecular complexity index is 594. The van der Waals surface area contributed by atoms with Gasteiger partial charge in [-0.05, 0) is 12.0 Å². The third-order valence-corrected chi connectivity index (χ3v) is 3.96. The van der Waals surface area contributed by atoms with Gasteiger partial charge in [0.25, 0.3) is 0 Å². The van der Waals surface area contributed by atoms with Crippen molar-refractivity contribution in [3.63, 3.8) is 0 Å². The molecule has 4 rings (SSSR count). The van der Waals surface area contributed by atoms with E-state index in [0.29, 0.717) is 17.7 Å². The fourth-order valence-corrected chi connectivity index (χ4v) is 2.61. The summed E-state index contributed by atoms with van der Waals surface area (Å²) in [5, 5.41) is 8.03. The van der Waals surface area contributed by atoms with E-state index in [1.165, 1.54) is 5.56 Å². The molecule has 0 bridgehead atoms. The molecule has 0 spiro atoms. The van der Waals surface area contributed by atoms with Crippen molar-refractivity contribution in [1.82, 2.24) is 15.0 Å². The maximum absolute atomic E-state index is 14.1. The van der Waals surface area contributed by atoms with E-state index in [1.54, 1.807) is 10.9 Å². The molecule has 2 aromatic rings. The first-order chi connectivity index (χ1) is 9.26. The van der Waals surface area contributed by atoms with Crippen molar-refractivity contribution in [1.29, 1.82) is 0 Å². The highest BCUT2D eigenvalue weighted by molar-refractivity contribution is 5.27. The lowest BCUT2D eigenvalue weighted by Gasteiger charge is -2.31. The fraction of sp³-hybridized carbons (Fsp3) is 0.429. The molecule has 0 N–H and O–H groups in total. The monoisotopic (exact) mass is 259 g/mol. The molecular weight excluding hydrogens is 245 g/mol. The van der Waals surface area contributed by atoms with E-state index in [-0.39, 0.29) is 13.2 Å². The third-order valence-electron chi connectivity index (χ3n) is 3.96. The molecule has 1 saturated heterocycles. The van der Waals surface area contributed by atoms with E-state index in [4.69, 9.17) is 4.74 Å². The topological polar surface area (TPSA) is 39.9 Å². The molecule has 0 radical (unpaired) electrons. The van der Waals surface area contributed by atoms with Crippen molar-refractivity contribution < 1.29 is 9.13 Å². The number of rotatable bonds is 3.